The van der Waals surface area contributed by atoms with E-state index in [1.807, 2.05) is 48.5 Å². The number of guanidine groups is 1. The summed E-state index contributed by atoms with van der Waals surface area (Å²) in [4.78, 5) is 14.6. The molecule has 0 bridgehead atoms. The molecule has 0 unspecified atom stereocenters. The topological polar surface area (TPSA) is 78.7 Å². The van der Waals surface area contributed by atoms with E-state index in [0.717, 1.165) is 41.8 Å². The number of hydrogen-bond acceptors (Lipinski definition) is 4. The summed E-state index contributed by atoms with van der Waals surface area (Å²) in [7, 11) is 3.67. The number of aliphatic imine (C=N–C) groups is 1. The number of rotatable bonds is 9. The summed E-state index contributed by atoms with van der Waals surface area (Å²) in [6.07, 6.45) is 4.35. The summed E-state index contributed by atoms with van der Waals surface area (Å²) in [5, 5.41) is 3.39. The third-order valence-corrected chi connectivity index (χ3v) is 4.25. The molecular weight excluding hydrogens is 354 g/mol. The van der Waals surface area contributed by atoms with Gasteiger partial charge in [-0.2, -0.15) is 0 Å². The Labute approximate surface area is 165 Å². The second-order valence-corrected chi connectivity index (χ2v) is 6.42. The fraction of sp³-hybridized carbons (Fsp3) is 0.333. The molecule has 0 amide bonds. The molecule has 0 aliphatic rings. The van der Waals surface area contributed by atoms with Gasteiger partial charge in [0.05, 0.1) is 37.9 Å². The molecule has 0 aliphatic carbocycles. The Bertz CT molecular complexity index is 843. The van der Waals surface area contributed by atoms with E-state index >= 15 is 0 Å². The highest BCUT2D eigenvalue weighted by Crippen LogP contribution is 2.16. The Morgan fingerprint density at radius 2 is 2.11 bits per heavy atom. The molecular formula is C21H27N5O2. The van der Waals surface area contributed by atoms with Crippen LogP contribution < -0.4 is 5.32 Å². The maximum atomic E-state index is 5.39. The Hall–Kier alpha value is -3.06. The van der Waals surface area contributed by atoms with Crippen molar-refractivity contribution in [2.75, 3.05) is 33.9 Å². The third-order valence-electron chi connectivity index (χ3n) is 4.25. The number of hydrogen-bond donors (Lipinski definition) is 2. The highest BCUT2D eigenvalue weighted by Gasteiger charge is 2.10. The van der Waals surface area contributed by atoms with Crippen LogP contribution >= 0.6 is 0 Å². The Morgan fingerprint density at radius 1 is 1.25 bits per heavy atom. The van der Waals surface area contributed by atoms with Gasteiger partial charge in [0.15, 0.2) is 5.96 Å². The van der Waals surface area contributed by atoms with Crippen LogP contribution in [0, 0.1) is 0 Å². The van der Waals surface area contributed by atoms with Gasteiger partial charge < -0.3 is 24.4 Å². The molecule has 0 saturated carbocycles. The van der Waals surface area contributed by atoms with Crippen LogP contribution in [0.5, 0.6) is 0 Å². The molecule has 7 nitrogen and oxygen atoms in total. The van der Waals surface area contributed by atoms with E-state index in [1.165, 1.54) is 0 Å². The first-order valence-corrected chi connectivity index (χ1v) is 9.36. The SMILES string of the molecule is COCCN=C(NCCc1ccco1)N(C)Cc1ncc(-c2ccccc2)[nH]1. The van der Waals surface area contributed by atoms with Gasteiger partial charge in [0, 0.05) is 27.1 Å². The van der Waals surface area contributed by atoms with E-state index in [0.29, 0.717) is 19.7 Å². The second-order valence-electron chi connectivity index (χ2n) is 6.42. The van der Waals surface area contributed by atoms with E-state index in [9.17, 15) is 0 Å². The van der Waals surface area contributed by atoms with Gasteiger partial charge in [0.1, 0.15) is 11.6 Å². The molecule has 3 rings (SSSR count). The summed E-state index contributed by atoms with van der Waals surface area (Å²) in [6, 6.07) is 14.0. The molecule has 7 heteroatoms. The molecule has 2 aromatic heterocycles. The highest BCUT2D eigenvalue weighted by atomic mass is 16.5. The van der Waals surface area contributed by atoms with Gasteiger partial charge in [-0.1, -0.05) is 30.3 Å². The van der Waals surface area contributed by atoms with Gasteiger partial charge in [0.25, 0.3) is 0 Å². The van der Waals surface area contributed by atoms with E-state index < -0.39 is 0 Å². The lowest BCUT2D eigenvalue weighted by Gasteiger charge is -2.21. The van der Waals surface area contributed by atoms with Gasteiger partial charge >= 0.3 is 0 Å². The van der Waals surface area contributed by atoms with E-state index in [1.54, 1.807) is 13.4 Å². The Kier molecular flexibility index (Phi) is 7.26. The lowest BCUT2D eigenvalue weighted by Crippen LogP contribution is -2.40. The van der Waals surface area contributed by atoms with Gasteiger partial charge in [0.2, 0.25) is 0 Å². The molecule has 2 N–H and O–H groups in total. The molecule has 28 heavy (non-hydrogen) atoms. The van der Waals surface area contributed by atoms with E-state index in [4.69, 9.17) is 9.15 Å². The molecule has 3 aromatic rings. The Balaban J connectivity index is 1.60. The monoisotopic (exact) mass is 381 g/mol. The van der Waals surface area contributed by atoms with Crippen molar-refractivity contribution in [1.82, 2.24) is 20.2 Å². The average Bonchev–Trinajstić information content (AvgIpc) is 3.40. The third kappa shape index (κ3) is 5.72. The van der Waals surface area contributed by atoms with Crippen LogP contribution in [0.15, 0.2) is 64.3 Å². The van der Waals surface area contributed by atoms with Crippen molar-refractivity contribution >= 4 is 5.96 Å². The molecule has 0 radical (unpaired) electrons. The van der Waals surface area contributed by atoms with Gasteiger partial charge in [-0.3, -0.25) is 4.99 Å². The van der Waals surface area contributed by atoms with Crippen LogP contribution in [0.4, 0.5) is 0 Å². The molecule has 148 valence electrons. The standard InChI is InChI=1S/C21H27N5O2/c1-26(16-20-24-15-19(25-20)17-7-4-3-5-8-17)21(23-12-14-27-2)22-11-10-18-9-6-13-28-18/h3-9,13,15H,10-12,14,16H2,1-2H3,(H,22,23)(H,24,25). The zero-order valence-corrected chi connectivity index (χ0v) is 16.4. The summed E-state index contributed by atoms with van der Waals surface area (Å²) >= 11 is 0. The minimum absolute atomic E-state index is 0.579. The number of benzene rings is 1. The molecule has 2 heterocycles. The minimum atomic E-state index is 0.579. The number of methoxy groups -OCH3 is 1. The van der Waals surface area contributed by atoms with Crippen molar-refractivity contribution in [3.8, 4) is 11.3 Å². The zero-order valence-electron chi connectivity index (χ0n) is 16.4. The van der Waals surface area contributed by atoms with Crippen molar-refractivity contribution in [3.63, 3.8) is 0 Å². The van der Waals surface area contributed by atoms with Crippen molar-refractivity contribution in [1.29, 1.82) is 0 Å². The first-order chi connectivity index (χ1) is 13.8. The lowest BCUT2D eigenvalue weighted by molar-refractivity contribution is 0.207. The van der Waals surface area contributed by atoms with Crippen LogP contribution in [0.2, 0.25) is 0 Å². The summed E-state index contributed by atoms with van der Waals surface area (Å²) < 4.78 is 10.5. The number of nitrogens with one attached hydrogen (secondary N) is 2. The molecule has 1 aromatic carbocycles. The maximum Gasteiger partial charge on any atom is 0.194 e. The van der Waals surface area contributed by atoms with Crippen molar-refractivity contribution < 1.29 is 9.15 Å². The number of nitrogens with zero attached hydrogens (tertiary/aromatic N) is 3. The number of imidazole rings is 1. The van der Waals surface area contributed by atoms with Gasteiger partial charge in [-0.05, 0) is 17.7 Å². The predicted octanol–water partition coefficient (Wildman–Crippen LogP) is 2.94. The first kappa shape index (κ1) is 19.7. The fourth-order valence-corrected chi connectivity index (χ4v) is 2.81. The van der Waals surface area contributed by atoms with Crippen molar-refractivity contribution in [2.45, 2.75) is 13.0 Å². The Morgan fingerprint density at radius 3 is 2.86 bits per heavy atom. The number of aromatic amines is 1. The highest BCUT2D eigenvalue weighted by molar-refractivity contribution is 5.79. The van der Waals surface area contributed by atoms with E-state index in [2.05, 4.69) is 32.4 Å². The number of H-pyrrole nitrogens is 1. The summed E-state index contributed by atoms with van der Waals surface area (Å²) in [5.41, 5.74) is 2.13. The average molecular weight is 381 g/mol. The smallest absolute Gasteiger partial charge is 0.194 e. The summed E-state index contributed by atoms with van der Waals surface area (Å²) in [5.74, 6) is 2.64. The first-order valence-electron chi connectivity index (χ1n) is 9.36. The van der Waals surface area contributed by atoms with Crippen LogP contribution in [-0.4, -0.2) is 54.7 Å². The number of ether oxygens (including phenoxy) is 1. The van der Waals surface area contributed by atoms with Crippen LogP contribution in [0.3, 0.4) is 0 Å². The zero-order chi connectivity index (χ0) is 19.6. The van der Waals surface area contributed by atoms with Crippen LogP contribution in [-0.2, 0) is 17.7 Å². The molecule has 0 saturated heterocycles. The van der Waals surface area contributed by atoms with Gasteiger partial charge in [-0.25, -0.2) is 4.98 Å². The molecule has 0 atom stereocenters. The van der Waals surface area contributed by atoms with E-state index in [-0.39, 0.29) is 0 Å². The molecule has 0 spiro atoms. The summed E-state index contributed by atoms with van der Waals surface area (Å²) in [6.45, 7) is 2.52. The fourth-order valence-electron chi connectivity index (χ4n) is 2.81. The maximum absolute atomic E-state index is 5.39. The minimum Gasteiger partial charge on any atom is -0.469 e. The van der Waals surface area contributed by atoms with Crippen molar-refractivity contribution in [3.05, 3.63) is 66.5 Å². The van der Waals surface area contributed by atoms with Crippen molar-refractivity contribution in [2.24, 2.45) is 4.99 Å². The lowest BCUT2D eigenvalue weighted by atomic mass is 10.2. The molecule has 0 fully saturated rings. The largest absolute Gasteiger partial charge is 0.469 e. The quantitative estimate of drug-likeness (QED) is 0.338. The van der Waals surface area contributed by atoms with Crippen LogP contribution in [0.25, 0.3) is 11.3 Å². The van der Waals surface area contributed by atoms with Gasteiger partial charge in [-0.15, -0.1) is 0 Å². The number of aromatic nitrogens is 2. The normalized spacial score (nSPS) is 11.6. The number of furan rings is 1. The predicted molar refractivity (Wildman–Crippen MR) is 110 cm³/mol. The van der Waals surface area contributed by atoms with Crippen LogP contribution in [0.1, 0.15) is 11.6 Å². The second kappa shape index (κ2) is 10.3. The molecule has 0 aliphatic heterocycles.